The van der Waals surface area contributed by atoms with Crippen molar-refractivity contribution in [3.8, 4) is 0 Å². The first-order chi connectivity index (χ1) is 7.38. The monoisotopic (exact) mass is 219 g/mol. The average Bonchev–Trinajstić information content (AvgIpc) is 2.80. The van der Waals surface area contributed by atoms with Crippen LogP contribution in [0.2, 0.25) is 0 Å². The normalized spacial score (nSPS) is 10.2. The molecule has 0 spiro atoms. The molecule has 3 nitrogen and oxygen atoms in total. The highest BCUT2D eigenvalue weighted by molar-refractivity contribution is 7.09. The number of nitrogens with zero attached hydrogens (tertiary/aromatic N) is 2. The van der Waals surface area contributed by atoms with Crippen LogP contribution in [0.3, 0.4) is 0 Å². The van der Waals surface area contributed by atoms with Gasteiger partial charge in [-0.15, -0.1) is 0 Å². The van der Waals surface area contributed by atoms with E-state index in [1.807, 2.05) is 0 Å². The lowest BCUT2D eigenvalue weighted by molar-refractivity contribution is 1.10. The number of aromatic nitrogens is 2. The van der Waals surface area contributed by atoms with Crippen molar-refractivity contribution in [3.05, 3.63) is 41.7 Å². The Labute approximate surface area is 93.4 Å². The summed E-state index contributed by atoms with van der Waals surface area (Å²) in [7, 11) is 0. The molecule has 0 aliphatic heterocycles. The van der Waals surface area contributed by atoms with Crippen molar-refractivity contribution in [2.24, 2.45) is 0 Å². The molecule has 1 heterocycles. The molecule has 0 bridgehead atoms. The number of rotatable bonds is 4. The summed E-state index contributed by atoms with van der Waals surface area (Å²) in [5.41, 5.74) is 2.64. The van der Waals surface area contributed by atoms with Gasteiger partial charge in [0.15, 0.2) is 0 Å². The smallest absolute Gasteiger partial charge is 0.202 e. The van der Waals surface area contributed by atoms with Crippen LogP contribution < -0.4 is 5.32 Å². The van der Waals surface area contributed by atoms with Gasteiger partial charge in [-0.1, -0.05) is 31.2 Å². The molecule has 0 unspecified atom stereocenters. The lowest BCUT2D eigenvalue weighted by atomic mass is 10.1. The molecule has 1 N–H and O–H groups in total. The van der Waals surface area contributed by atoms with Gasteiger partial charge in [-0.25, -0.2) is 4.98 Å². The predicted molar refractivity (Wildman–Crippen MR) is 63.1 cm³/mol. The topological polar surface area (TPSA) is 37.8 Å². The molecule has 1 aromatic heterocycles. The lowest BCUT2D eigenvalue weighted by Crippen LogP contribution is -1.98. The first-order valence-electron chi connectivity index (χ1n) is 4.97. The minimum absolute atomic E-state index is 0.805. The maximum absolute atomic E-state index is 4.06. The van der Waals surface area contributed by atoms with E-state index in [0.29, 0.717) is 0 Å². The van der Waals surface area contributed by atoms with Gasteiger partial charge in [0.1, 0.15) is 6.33 Å². The molecule has 2 rings (SSSR count). The van der Waals surface area contributed by atoms with Crippen LogP contribution in [0.15, 0.2) is 30.6 Å². The standard InChI is InChI=1S/C11H13N3S/c1-2-9-3-5-10(6-4-9)7-12-11-13-8-14-15-11/h3-6,8H,2,7H2,1H3,(H,12,13,14). The molecule has 78 valence electrons. The van der Waals surface area contributed by atoms with Crippen LogP contribution in [-0.4, -0.2) is 9.36 Å². The SMILES string of the molecule is CCc1ccc(CNc2ncns2)cc1. The molecule has 0 atom stereocenters. The Morgan fingerprint density at radius 2 is 1.93 bits per heavy atom. The molecule has 0 aliphatic rings. The first kappa shape index (κ1) is 10.1. The van der Waals surface area contributed by atoms with E-state index in [1.165, 1.54) is 22.7 Å². The Hall–Kier alpha value is -1.42. The van der Waals surface area contributed by atoms with E-state index in [-0.39, 0.29) is 0 Å². The van der Waals surface area contributed by atoms with Gasteiger partial charge in [0.05, 0.1) is 0 Å². The lowest BCUT2D eigenvalue weighted by Gasteiger charge is -2.03. The third-order valence-corrected chi connectivity index (χ3v) is 2.86. The van der Waals surface area contributed by atoms with E-state index in [9.17, 15) is 0 Å². The maximum Gasteiger partial charge on any atom is 0.202 e. The van der Waals surface area contributed by atoms with Crippen LogP contribution in [0.5, 0.6) is 0 Å². The summed E-state index contributed by atoms with van der Waals surface area (Å²) in [6.07, 6.45) is 2.65. The number of benzene rings is 1. The van der Waals surface area contributed by atoms with E-state index in [2.05, 4.69) is 45.9 Å². The Balaban J connectivity index is 1.93. The zero-order valence-corrected chi connectivity index (χ0v) is 9.42. The molecule has 15 heavy (non-hydrogen) atoms. The fraction of sp³-hybridized carbons (Fsp3) is 0.273. The highest BCUT2D eigenvalue weighted by Gasteiger charge is 1.96. The van der Waals surface area contributed by atoms with Crippen molar-refractivity contribution in [1.29, 1.82) is 0 Å². The second-order valence-electron chi connectivity index (χ2n) is 3.27. The largest absolute Gasteiger partial charge is 0.356 e. The zero-order valence-electron chi connectivity index (χ0n) is 8.60. The van der Waals surface area contributed by atoms with E-state index in [0.717, 1.165) is 18.1 Å². The van der Waals surface area contributed by atoms with Gasteiger partial charge in [-0.05, 0) is 17.5 Å². The molecule has 0 saturated heterocycles. The average molecular weight is 219 g/mol. The van der Waals surface area contributed by atoms with Crippen LogP contribution in [0, 0.1) is 0 Å². The van der Waals surface area contributed by atoms with Gasteiger partial charge in [0.25, 0.3) is 0 Å². The van der Waals surface area contributed by atoms with Gasteiger partial charge in [0, 0.05) is 18.1 Å². The van der Waals surface area contributed by atoms with Gasteiger partial charge >= 0.3 is 0 Å². The number of nitrogens with one attached hydrogen (secondary N) is 1. The van der Waals surface area contributed by atoms with Gasteiger partial charge in [-0.3, -0.25) is 0 Å². The second-order valence-corrected chi connectivity index (χ2v) is 4.05. The van der Waals surface area contributed by atoms with E-state index in [4.69, 9.17) is 0 Å². The van der Waals surface area contributed by atoms with Crippen LogP contribution in [0.25, 0.3) is 0 Å². The molecule has 0 amide bonds. The first-order valence-corrected chi connectivity index (χ1v) is 5.74. The van der Waals surface area contributed by atoms with Crippen molar-refractivity contribution in [3.63, 3.8) is 0 Å². The molecule has 4 heteroatoms. The summed E-state index contributed by atoms with van der Waals surface area (Å²) in [5, 5.41) is 4.09. The third kappa shape index (κ3) is 2.76. The van der Waals surface area contributed by atoms with Crippen LogP contribution >= 0.6 is 11.5 Å². The fourth-order valence-electron chi connectivity index (χ4n) is 1.32. The summed E-state index contributed by atoms with van der Waals surface area (Å²) in [6.45, 7) is 2.97. The third-order valence-electron chi connectivity index (χ3n) is 2.24. The summed E-state index contributed by atoms with van der Waals surface area (Å²) < 4.78 is 3.93. The summed E-state index contributed by atoms with van der Waals surface area (Å²) in [5.74, 6) is 0. The Kier molecular flexibility index (Phi) is 3.29. The predicted octanol–water partition coefficient (Wildman–Crippen LogP) is 2.71. The van der Waals surface area contributed by atoms with Crippen molar-refractivity contribution in [2.45, 2.75) is 19.9 Å². The van der Waals surface area contributed by atoms with Gasteiger partial charge in [0.2, 0.25) is 5.13 Å². The zero-order chi connectivity index (χ0) is 10.5. The molecule has 0 fully saturated rings. The molecular weight excluding hydrogens is 206 g/mol. The number of anilines is 1. The molecule has 1 aromatic carbocycles. The maximum atomic E-state index is 4.06. The van der Waals surface area contributed by atoms with E-state index in [1.54, 1.807) is 6.33 Å². The van der Waals surface area contributed by atoms with Gasteiger partial charge in [-0.2, -0.15) is 4.37 Å². The molecule has 0 aliphatic carbocycles. The molecule has 2 aromatic rings. The number of aryl methyl sites for hydroxylation is 1. The van der Waals surface area contributed by atoms with E-state index >= 15 is 0 Å². The molecular formula is C11H13N3S. The quantitative estimate of drug-likeness (QED) is 0.859. The van der Waals surface area contributed by atoms with Crippen LogP contribution in [0.1, 0.15) is 18.1 Å². The number of hydrogen-bond donors (Lipinski definition) is 1. The fourth-order valence-corrected chi connectivity index (χ4v) is 1.75. The summed E-state index contributed by atoms with van der Waals surface area (Å²) >= 11 is 1.38. The Morgan fingerprint density at radius 1 is 1.20 bits per heavy atom. The minimum Gasteiger partial charge on any atom is -0.356 e. The van der Waals surface area contributed by atoms with Crippen molar-refractivity contribution in [1.82, 2.24) is 9.36 Å². The summed E-state index contributed by atoms with van der Waals surface area (Å²) in [4.78, 5) is 4.06. The highest BCUT2D eigenvalue weighted by atomic mass is 32.1. The Bertz CT molecular complexity index is 394. The molecule has 0 saturated carbocycles. The Morgan fingerprint density at radius 3 is 2.53 bits per heavy atom. The minimum atomic E-state index is 0.805. The van der Waals surface area contributed by atoms with Crippen LogP contribution in [0.4, 0.5) is 5.13 Å². The van der Waals surface area contributed by atoms with Crippen molar-refractivity contribution >= 4 is 16.7 Å². The second kappa shape index (κ2) is 4.89. The van der Waals surface area contributed by atoms with Gasteiger partial charge < -0.3 is 5.32 Å². The molecule has 0 radical (unpaired) electrons. The van der Waals surface area contributed by atoms with Crippen molar-refractivity contribution in [2.75, 3.05) is 5.32 Å². The highest BCUT2D eigenvalue weighted by Crippen LogP contribution is 2.10. The number of hydrogen-bond acceptors (Lipinski definition) is 4. The van der Waals surface area contributed by atoms with Crippen LogP contribution in [-0.2, 0) is 13.0 Å². The van der Waals surface area contributed by atoms with E-state index < -0.39 is 0 Å². The van der Waals surface area contributed by atoms with Crippen molar-refractivity contribution < 1.29 is 0 Å². The summed E-state index contributed by atoms with van der Waals surface area (Å²) in [6, 6.07) is 8.62.